The van der Waals surface area contributed by atoms with Crippen LogP contribution in [0.1, 0.15) is 11.7 Å². The van der Waals surface area contributed by atoms with E-state index in [1.54, 1.807) is 0 Å². The molecule has 1 aromatic rings. The minimum absolute atomic E-state index is 0.0810. The molecule has 64 valence electrons. The zero-order valence-electron chi connectivity index (χ0n) is 6.00. The van der Waals surface area contributed by atoms with Gasteiger partial charge in [-0.3, -0.25) is 0 Å². The van der Waals surface area contributed by atoms with Gasteiger partial charge in [0.15, 0.2) is 6.29 Å². The number of hydrogen-bond acceptors (Lipinski definition) is 2. The molecule has 2 nitrogen and oxygen atoms in total. The molecule has 0 aromatic heterocycles. The molecule has 0 saturated carbocycles. The highest BCUT2D eigenvalue weighted by atomic mass is 19.1. The van der Waals surface area contributed by atoms with E-state index in [-0.39, 0.29) is 11.8 Å². The molecular formula is C8H6F2O2. The number of aliphatic hydroxyl groups is 1. The minimum Gasteiger partial charge on any atom is -0.381 e. The first kappa shape index (κ1) is 8.80. The summed E-state index contributed by atoms with van der Waals surface area (Å²) in [6.07, 6.45) is -1.26. The highest BCUT2D eigenvalue weighted by molar-refractivity contribution is 5.59. The van der Waals surface area contributed by atoms with Gasteiger partial charge < -0.3 is 9.90 Å². The van der Waals surface area contributed by atoms with E-state index in [2.05, 4.69) is 0 Å². The molecule has 1 aromatic carbocycles. The smallest absolute Gasteiger partial charge is 0.153 e. The second kappa shape index (κ2) is 3.40. The number of carbonyl (C=O) groups is 1. The molecule has 0 radical (unpaired) electrons. The Morgan fingerprint density at radius 3 is 2.17 bits per heavy atom. The van der Waals surface area contributed by atoms with Gasteiger partial charge >= 0.3 is 0 Å². The molecular weight excluding hydrogens is 166 g/mol. The maximum atomic E-state index is 12.5. The minimum atomic E-state index is -1.46. The summed E-state index contributed by atoms with van der Waals surface area (Å²) in [5.41, 5.74) is -0.0810. The number of rotatable bonds is 2. The molecule has 0 unspecified atom stereocenters. The van der Waals surface area contributed by atoms with Crippen LogP contribution in [0.5, 0.6) is 0 Å². The van der Waals surface area contributed by atoms with Gasteiger partial charge in [0, 0.05) is 6.07 Å². The van der Waals surface area contributed by atoms with Crippen molar-refractivity contribution in [3.8, 4) is 0 Å². The van der Waals surface area contributed by atoms with E-state index < -0.39 is 17.7 Å². The fraction of sp³-hybridized carbons (Fsp3) is 0.125. The second-order valence-electron chi connectivity index (χ2n) is 2.28. The van der Waals surface area contributed by atoms with E-state index in [0.717, 1.165) is 12.1 Å². The van der Waals surface area contributed by atoms with Crippen LogP contribution in [0.2, 0.25) is 0 Å². The summed E-state index contributed by atoms with van der Waals surface area (Å²) in [4.78, 5) is 10.0. The lowest BCUT2D eigenvalue weighted by atomic mass is 10.1. The van der Waals surface area contributed by atoms with E-state index in [9.17, 15) is 13.6 Å². The first-order chi connectivity index (χ1) is 5.63. The van der Waals surface area contributed by atoms with Crippen molar-refractivity contribution in [1.29, 1.82) is 0 Å². The summed E-state index contributed by atoms with van der Waals surface area (Å²) in [6.45, 7) is 0. The van der Waals surface area contributed by atoms with Crippen LogP contribution in [-0.4, -0.2) is 11.4 Å². The van der Waals surface area contributed by atoms with Crippen molar-refractivity contribution in [1.82, 2.24) is 0 Å². The summed E-state index contributed by atoms with van der Waals surface area (Å²) in [7, 11) is 0. The van der Waals surface area contributed by atoms with Crippen molar-refractivity contribution in [2.45, 2.75) is 6.10 Å². The highest BCUT2D eigenvalue weighted by Crippen LogP contribution is 2.13. The van der Waals surface area contributed by atoms with Crippen LogP contribution >= 0.6 is 0 Å². The maximum absolute atomic E-state index is 12.5. The molecule has 1 rings (SSSR count). The molecule has 1 N–H and O–H groups in total. The third-order valence-corrected chi connectivity index (χ3v) is 1.36. The molecule has 0 aliphatic rings. The molecule has 0 heterocycles. The van der Waals surface area contributed by atoms with Crippen LogP contribution in [-0.2, 0) is 4.79 Å². The average molecular weight is 172 g/mol. The Hall–Kier alpha value is -1.29. The lowest BCUT2D eigenvalue weighted by molar-refractivity contribution is -0.115. The lowest BCUT2D eigenvalue weighted by Crippen LogP contribution is -1.99. The van der Waals surface area contributed by atoms with Crippen molar-refractivity contribution in [3.05, 3.63) is 35.4 Å². The van der Waals surface area contributed by atoms with Crippen LogP contribution in [0.25, 0.3) is 0 Å². The number of halogens is 2. The van der Waals surface area contributed by atoms with Gasteiger partial charge in [0.25, 0.3) is 0 Å². The Balaban J connectivity index is 3.08. The highest BCUT2D eigenvalue weighted by Gasteiger charge is 2.08. The van der Waals surface area contributed by atoms with Gasteiger partial charge in [-0.15, -0.1) is 0 Å². The first-order valence-electron chi connectivity index (χ1n) is 3.23. The molecule has 0 aliphatic heterocycles. The predicted molar refractivity (Wildman–Crippen MR) is 37.4 cm³/mol. The Labute approximate surface area is 67.4 Å². The molecule has 0 saturated heterocycles. The Morgan fingerprint density at radius 2 is 1.75 bits per heavy atom. The predicted octanol–water partition coefficient (Wildman–Crippen LogP) is 1.20. The van der Waals surface area contributed by atoms with Crippen LogP contribution in [0, 0.1) is 11.6 Å². The summed E-state index contributed by atoms with van der Waals surface area (Å²) in [5, 5.41) is 8.88. The second-order valence-corrected chi connectivity index (χ2v) is 2.28. The quantitative estimate of drug-likeness (QED) is 0.680. The van der Waals surface area contributed by atoms with Gasteiger partial charge in [-0.2, -0.15) is 0 Å². The maximum Gasteiger partial charge on any atom is 0.153 e. The van der Waals surface area contributed by atoms with Gasteiger partial charge in [-0.1, -0.05) is 0 Å². The van der Waals surface area contributed by atoms with Gasteiger partial charge in [0.05, 0.1) is 0 Å². The normalized spacial score (nSPS) is 12.6. The van der Waals surface area contributed by atoms with E-state index in [4.69, 9.17) is 5.11 Å². The Bertz CT molecular complexity index is 279. The standard InChI is InChI=1S/C8H6F2O2/c9-6-1-5(8(12)4-11)2-7(10)3-6/h1-4,8,12H/t8-/m0/s1. The summed E-state index contributed by atoms with van der Waals surface area (Å²) >= 11 is 0. The van der Waals surface area contributed by atoms with Crippen LogP contribution in [0.3, 0.4) is 0 Å². The lowest BCUT2D eigenvalue weighted by Gasteiger charge is -2.02. The van der Waals surface area contributed by atoms with Crippen LogP contribution in [0.4, 0.5) is 8.78 Å². The Kier molecular flexibility index (Phi) is 2.50. The van der Waals surface area contributed by atoms with Gasteiger partial charge in [0.1, 0.15) is 17.7 Å². The summed E-state index contributed by atoms with van der Waals surface area (Å²) in [6, 6.07) is 2.48. The van der Waals surface area contributed by atoms with Gasteiger partial charge in [-0.05, 0) is 17.7 Å². The molecule has 0 bridgehead atoms. The van der Waals surface area contributed by atoms with Crippen LogP contribution < -0.4 is 0 Å². The van der Waals surface area contributed by atoms with Crippen molar-refractivity contribution in [2.24, 2.45) is 0 Å². The molecule has 0 amide bonds. The number of benzene rings is 1. The zero-order chi connectivity index (χ0) is 9.14. The zero-order valence-corrected chi connectivity index (χ0v) is 6.00. The monoisotopic (exact) mass is 172 g/mol. The van der Waals surface area contributed by atoms with E-state index in [1.165, 1.54) is 0 Å². The van der Waals surface area contributed by atoms with E-state index in [0.29, 0.717) is 6.07 Å². The molecule has 1 atom stereocenters. The van der Waals surface area contributed by atoms with E-state index in [1.807, 2.05) is 0 Å². The molecule has 0 aliphatic carbocycles. The van der Waals surface area contributed by atoms with Gasteiger partial charge in [-0.25, -0.2) is 8.78 Å². The first-order valence-corrected chi connectivity index (χ1v) is 3.23. The molecule has 0 spiro atoms. The topological polar surface area (TPSA) is 37.3 Å². The number of hydrogen-bond donors (Lipinski definition) is 1. The molecule has 12 heavy (non-hydrogen) atoms. The van der Waals surface area contributed by atoms with Crippen LogP contribution in [0.15, 0.2) is 18.2 Å². The average Bonchev–Trinajstić information content (AvgIpc) is 2.01. The molecule has 0 fully saturated rings. The van der Waals surface area contributed by atoms with Crippen molar-refractivity contribution in [2.75, 3.05) is 0 Å². The molecule has 4 heteroatoms. The van der Waals surface area contributed by atoms with Crippen molar-refractivity contribution >= 4 is 6.29 Å². The fourth-order valence-electron chi connectivity index (χ4n) is 0.824. The number of carbonyl (C=O) groups excluding carboxylic acids is 1. The largest absolute Gasteiger partial charge is 0.381 e. The summed E-state index contributed by atoms with van der Waals surface area (Å²) < 4.78 is 24.9. The van der Waals surface area contributed by atoms with Crippen molar-refractivity contribution < 1.29 is 18.7 Å². The SMILES string of the molecule is O=C[C@H](O)c1cc(F)cc(F)c1. The van der Waals surface area contributed by atoms with Gasteiger partial charge in [0.2, 0.25) is 0 Å². The van der Waals surface area contributed by atoms with E-state index >= 15 is 0 Å². The summed E-state index contributed by atoms with van der Waals surface area (Å²) in [5.74, 6) is -1.63. The van der Waals surface area contributed by atoms with Crippen molar-refractivity contribution in [3.63, 3.8) is 0 Å². The third-order valence-electron chi connectivity index (χ3n) is 1.36. The fourth-order valence-corrected chi connectivity index (χ4v) is 0.824. The number of aldehydes is 1. The third kappa shape index (κ3) is 1.85. The Morgan fingerprint density at radius 1 is 1.25 bits per heavy atom. The number of aliphatic hydroxyl groups excluding tert-OH is 1.